The van der Waals surface area contributed by atoms with Crippen LogP contribution in [0.5, 0.6) is 11.5 Å². The maximum atomic E-state index is 12.9. The van der Waals surface area contributed by atoms with Gasteiger partial charge >= 0.3 is 11.7 Å². The van der Waals surface area contributed by atoms with E-state index in [1.807, 2.05) is 0 Å². The molecule has 0 aliphatic heterocycles. The van der Waals surface area contributed by atoms with Gasteiger partial charge < -0.3 is 24.5 Å². The number of anilines is 1. The summed E-state index contributed by atoms with van der Waals surface area (Å²) in [6, 6.07) is 10.5. The third kappa shape index (κ3) is 4.53. The molecule has 0 atom stereocenters. The van der Waals surface area contributed by atoms with Gasteiger partial charge in [0.05, 0.1) is 32.1 Å². The quantitative estimate of drug-likeness (QED) is 0.539. The van der Waals surface area contributed by atoms with Crippen molar-refractivity contribution in [2.24, 2.45) is 0 Å². The number of rotatable bonds is 7. The third-order valence-electron chi connectivity index (χ3n) is 4.50. The molecule has 32 heavy (non-hydrogen) atoms. The lowest BCUT2D eigenvalue weighted by atomic mass is 10.2. The molecule has 3 aromatic rings. The van der Waals surface area contributed by atoms with Gasteiger partial charge in [-0.05, 0) is 43.3 Å². The highest BCUT2D eigenvalue weighted by molar-refractivity contribution is 6.04. The predicted octanol–water partition coefficient (Wildman–Crippen LogP) is 1.97. The van der Waals surface area contributed by atoms with Gasteiger partial charge in [-0.25, -0.2) is 14.2 Å². The van der Waals surface area contributed by atoms with Crippen LogP contribution in [0.4, 0.5) is 5.69 Å². The average molecular weight is 439 g/mol. The van der Waals surface area contributed by atoms with E-state index in [0.717, 1.165) is 10.8 Å². The zero-order valence-electron chi connectivity index (χ0n) is 17.6. The molecule has 0 fully saturated rings. The molecule has 1 heterocycles. The Kier molecular flexibility index (Phi) is 6.74. The summed E-state index contributed by atoms with van der Waals surface area (Å²) < 4.78 is 16.1. The molecule has 0 bridgehead atoms. The number of methoxy groups -OCH3 is 2. The summed E-state index contributed by atoms with van der Waals surface area (Å²) in [6.07, 6.45) is 1.05. The number of aromatic nitrogens is 2. The first-order valence-electron chi connectivity index (χ1n) is 9.55. The number of carbonyl (C=O) groups excluding carboxylic acids is 2. The minimum Gasteiger partial charge on any atom is -0.493 e. The number of carbonyl (C=O) groups is 2. The fourth-order valence-corrected chi connectivity index (χ4v) is 2.94. The van der Waals surface area contributed by atoms with Crippen molar-refractivity contribution < 1.29 is 23.8 Å². The molecule has 0 saturated carbocycles. The smallest absolute Gasteiger partial charge is 0.338 e. The molecular weight excluding hydrogens is 418 g/mol. The number of amides is 1. The maximum absolute atomic E-state index is 12.9. The Balaban J connectivity index is 1.91. The van der Waals surface area contributed by atoms with Gasteiger partial charge in [-0.1, -0.05) is 0 Å². The number of aromatic amines is 1. The van der Waals surface area contributed by atoms with Crippen LogP contribution < -0.4 is 26.0 Å². The van der Waals surface area contributed by atoms with Gasteiger partial charge in [0.15, 0.2) is 11.5 Å². The van der Waals surface area contributed by atoms with Crippen LogP contribution in [0.1, 0.15) is 27.6 Å². The van der Waals surface area contributed by atoms with Gasteiger partial charge in [0.25, 0.3) is 11.5 Å². The van der Waals surface area contributed by atoms with Gasteiger partial charge in [-0.2, -0.15) is 0 Å². The van der Waals surface area contributed by atoms with Gasteiger partial charge in [0.2, 0.25) is 0 Å². The number of nitrogens with zero attached hydrogens (tertiary/aromatic N) is 1. The van der Waals surface area contributed by atoms with Crippen LogP contribution in [0.3, 0.4) is 0 Å². The van der Waals surface area contributed by atoms with Crippen molar-refractivity contribution in [2.45, 2.75) is 6.92 Å². The molecule has 0 aliphatic carbocycles. The second-order valence-electron chi connectivity index (χ2n) is 6.44. The molecule has 3 rings (SSSR count). The molecule has 1 aromatic heterocycles. The first-order valence-corrected chi connectivity index (χ1v) is 9.55. The molecule has 166 valence electrons. The monoisotopic (exact) mass is 439 g/mol. The molecule has 10 heteroatoms. The van der Waals surface area contributed by atoms with Crippen molar-refractivity contribution in [3.05, 3.63) is 80.6 Å². The lowest BCUT2D eigenvalue weighted by molar-refractivity contribution is 0.0526. The van der Waals surface area contributed by atoms with E-state index < -0.39 is 23.1 Å². The Bertz CT molecular complexity index is 1260. The number of H-pyrrole nitrogens is 1. The molecule has 2 N–H and O–H groups in total. The summed E-state index contributed by atoms with van der Waals surface area (Å²) in [5.74, 6) is -0.484. The molecule has 10 nitrogen and oxygen atoms in total. The Hall–Kier alpha value is -4.34. The zero-order valence-corrected chi connectivity index (χ0v) is 17.6. The minimum absolute atomic E-state index is 0.197. The van der Waals surface area contributed by atoms with E-state index in [1.54, 1.807) is 6.92 Å². The van der Waals surface area contributed by atoms with E-state index in [-0.39, 0.29) is 17.9 Å². The topological polar surface area (TPSA) is 129 Å². The van der Waals surface area contributed by atoms with E-state index in [9.17, 15) is 19.2 Å². The second kappa shape index (κ2) is 9.65. The van der Waals surface area contributed by atoms with E-state index in [0.29, 0.717) is 22.7 Å². The Morgan fingerprint density at radius 2 is 1.69 bits per heavy atom. The van der Waals surface area contributed by atoms with Crippen LogP contribution in [0.15, 0.2) is 58.3 Å². The standard InChI is InChI=1S/C22H21N3O7/c1-4-32-21(28)13-5-7-14(8-6-13)24-19(26)16-12-23-22(29)25(20(16)27)15-9-10-17(30-2)18(11-15)31-3/h5-12H,4H2,1-3H3,(H,23,29)(H,24,26). The van der Waals surface area contributed by atoms with Gasteiger partial charge in [0.1, 0.15) is 5.56 Å². The van der Waals surface area contributed by atoms with Gasteiger partial charge in [-0.3, -0.25) is 9.59 Å². The second-order valence-corrected chi connectivity index (χ2v) is 6.44. The van der Waals surface area contributed by atoms with Crippen LogP contribution >= 0.6 is 0 Å². The molecular formula is C22H21N3O7. The Labute approximate surface area is 182 Å². The molecule has 0 unspecified atom stereocenters. The highest BCUT2D eigenvalue weighted by Gasteiger charge is 2.17. The summed E-state index contributed by atoms with van der Waals surface area (Å²) in [6.45, 7) is 1.95. The largest absolute Gasteiger partial charge is 0.493 e. The van der Waals surface area contributed by atoms with Crippen molar-refractivity contribution in [1.82, 2.24) is 9.55 Å². The van der Waals surface area contributed by atoms with E-state index in [4.69, 9.17) is 14.2 Å². The highest BCUT2D eigenvalue weighted by Crippen LogP contribution is 2.28. The Morgan fingerprint density at radius 1 is 1.00 bits per heavy atom. The minimum atomic E-state index is -0.818. The van der Waals surface area contributed by atoms with Crippen LogP contribution in [-0.2, 0) is 4.74 Å². The highest BCUT2D eigenvalue weighted by atomic mass is 16.5. The zero-order chi connectivity index (χ0) is 23.3. The fraction of sp³-hybridized carbons (Fsp3) is 0.182. The van der Waals surface area contributed by atoms with E-state index in [2.05, 4.69) is 10.3 Å². The third-order valence-corrected chi connectivity index (χ3v) is 4.50. The number of nitrogens with one attached hydrogen (secondary N) is 2. The molecule has 0 aliphatic rings. The van der Waals surface area contributed by atoms with Crippen molar-refractivity contribution in [1.29, 1.82) is 0 Å². The Morgan fingerprint density at radius 3 is 2.31 bits per heavy atom. The first kappa shape index (κ1) is 22.3. The number of hydrogen-bond donors (Lipinski definition) is 2. The predicted molar refractivity (Wildman–Crippen MR) is 116 cm³/mol. The van der Waals surface area contributed by atoms with Crippen LogP contribution in [0, 0.1) is 0 Å². The fourth-order valence-electron chi connectivity index (χ4n) is 2.94. The number of esters is 1. The van der Waals surface area contributed by atoms with Crippen molar-refractivity contribution in [3.63, 3.8) is 0 Å². The average Bonchev–Trinajstić information content (AvgIpc) is 2.79. The van der Waals surface area contributed by atoms with Crippen LogP contribution in [-0.4, -0.2) is 42.3 Å². The SMILES string of the molecule is CCOC(=O)c1ccc(NC(=O)c2c[nH]c(=O)n(-c3ccc(OC)c(OC)c3)c2=O)cc1. The molecule has 0 spiro atoms. The lowest BCUT2D eigenvalue weighted by Crippen LogP contribution is -2.38. The molecule has 1 amide bonds. The summed E-state index contributed by atoms with van der Waals surface area (Å²) >= 11 is 0. The van der Waals surface area contributed by atoms with Crippen molar-refractivity contribution in [3.8, 4) is 17.2 Å². The van der Waals surface area contributed by atoms with E-state index in [1.165, 1.54) is 56.7 Å². The van der Waals surface area contributed by atoms with Crippen LogP contribution in [0.2, 0.25) is 0 Å². The number of hydrogen-bond acceptors (Lipinski definition) is 7. The molecule has 0 saturated heterocycles. The molecule has 2 aromatic carbocycles. The van der Waals surface area contributed by atoms with Gasteiger partial charge in [0, 0.05) is 18.0 Å². The lowest BCUT2D eigenvalue weighted by Gasteiger charge is -2.11. The van der Waals surface area contributed by atoms with Crippen molar-refractivity contribution in [2.75, 3.05) is 26.1 Å². The number of benzene rings is 2. The summed E-state index contributed by atoms with van der Waals surface area (Å²) in [4.78, 5) is 52.1. The normalized spacial score (nSPS) is 10.3. The first-order chi connectivity index (χ1) is 15.4. The van der Waals surface area contributed by atoms with Gasteiger partial charge in [-0.15, -0.1) is 0 Å². The van der Waals surface area contributed by atoms with Crippen LogP contribution in [0.25, 0.3) is 5.69 Å². The maximum Gasteiger partial charge on any atom is 0.338 e. The van der Waals surface area contributed by atoms with E-state index >= 15 is 0 Å². The summed E-state index contributed by atoms with van der Waals surface area (Å²) in [5, 5.41) is 2.57. The summed E-state index contributed by atoms with van der Waals surface area (Å²) in [7, 11) is 2.88. The summed E-state index contributed by atoms with van der Waals surface area (Å²) in [5.41, 5.74) is -0.952. The molecule has 0 radical (unpaired) electrons. The number of ether oxygens (including phenoxy) is 3. The van der Waals surface area contributed by atoms with Crippen molar-refractivity contribution >= 4 is 17.6 Å².